The van der Waals surface area contributed by atoms with Gasteiger partial charge in [-0.3, -0.25) is 4.79 Å². The number of aromatic nitrogens is 3. The summed E-state index contributed by atoms with van der Waals surface area (Å²) in [6.07, 6.45) is 5.06. The maximum absolute atomic E-state index is 13.0. The van der Waals surface area contributed by atoms with Crippen molar-refractivity contribution in [2.24, 2.45) is 0 Å². The Morgan fingerprint density at radius 3 is 2.87 bits per heavy atom. The first-order chi connectivity index (χ1) is 14.9. The summed E-state index contributed by atoms with van der Waals surface area (Å²) < 4.78 is 11.5. The molecule has 3 aromatic heterocycles. The van der Waals surface area contributed by atoms with Gasteiger partial charge in [0.2, 0.25) is 0 Å². The number of esters is 1. The second kappa shape index (κ2) is 8.30. The number of hydrogen-bond acceptors (Lipinski definition) is 9. The zero-order valence-corrected chi connectivity index (χ0v) is 17.7. The van der Waals surface area contributed by atoms with Crippen molar-refractivity contribution >= 4 is 34.0 Å². The first kappa shape index (κ1) is 20.7. The van der Waals surface area contributed by atoms with Crippen LogP contribution in [0.5, 0.6) is 0 Å². The molecule has 0 saturated heterocycles. The Labute approximate surface area is 180 Å². The van der Waals surface area contributed by atoms with Crippen LogP contribution in [0.1, 0.15) is 55.5 Å². The minimum absolute atomic E-state index is 0.0258. The number of rotatable bonds is 6. The van der Waals surface area contributed by atoms with Crippen LogP contribution in [-0.2, 0) is 24.1 Å². The van der Waals surface area contributed by atoms with E-state index in [0.29, 0.717) is 21.9 Å². The highest BCUT2D eigenvalue weighted by Gasteiger charge is 2.29. The van der Waals surface area contributed by atoms with Crippen LogP contribution in [0.4, 0.5) is 10.8 Å². The monoisotopic (exact) mass is 445 g/mol. The van der Waals surface area contributed by atoms with Gasteiger partial charge >= 0.3 is 11.8 Å². The molecule has 1 N–H and O–H groups in total. The van der Waals surface area contributed by atoms with Crippen molar-refractivity contribution in [3.8, 4) is 0 Å². The SMILES string of the molecule is COC(=O)c1c(NC(=O)c2noc(C)c2Cn2ccc([N+](=O)[O-])n2)sc2c1CCCC2. The van der Waals surface area contributed by atoms with Crippen molar-refractivity contribution in [2.45, 2.75) is 39.2 Å². The third-order valence-electron chi connectivity index (χ3n) is 5.12. The van der Waals surface area contributed by atoms with Gasteiger partial charge in [-0.2, -0.15) is 4.68 Å². The standard InChI is InChI=1S/C19H19N5O6S/c1-10-12(9-23-8-7-14(21-23)24(27)28)16(22-30-10)17(25)20-18-15(19(26)29-2)11-5-3-4-6-13(11)31-18/h7-8H,3-6,9H2,1-2H3,(H,20,25). The molecule has 0 aliphatic heterocycles. The molecular formula is C19H19N5O6S. The topological polar surface area (TPSA) is 142 Å². The smallest absolute Gasteiger partial charge is 0.389 e. The number of nitrogens with one attached hydrogen (secondary N) is 1. The van der Waals surface area contributed by atoms with Crippen molar-refractivity contribution in [1.82, 2.24) is 14.9 Å². The highest BCUT2D eigenvalue weighted by molar-refractivity contribution is 7.17. The molecule has 0 aromatic carbocycles. The molecule has 0 bridgehead atoms. The van der Waals surface area contributed by atoms with Crippen LogP contribution in [0, 0.1) is 17.0 Å². The van der Waals surface area contributed by atoms with Gasteiger partial charge in [0.05, 0.1) is 42.1 Å². The Morgan fingerprint density at radius 1 is 1.39 bits per heavy atom. The van der Waals surface area contributed by atoms with E-state index in [1.807, 2.05) is 0 Å². The zero-order chi connectivity index (χ0) is 22.1. The second-order valence-electron chi connectivity index (χ2n) is 7.06. The Kier molecular flexibility index (Phi) is 5.55. The van der Waals surface area contributed by atoms with Gasteiger partial charge in [0.25, 0.3) is 5.91 Å². The summed E-state index contributed by atoms with van der Waals surface area (Å²) in [7, 11) is 1.31. The molecule has 0 spiro atoms. The first-order valence-corrected chi connectivity index (χ1v) is 10.4. The number of ether oxygens (including phenoxy) is 1. The predicted octanol–water partition coefficient (Wildman–Crippen LogP) is 3.12. The number of aryl methyl sites for hydroxylation is 2. The van der Waals surface area contributed by atoms with Crippen LogP contribution in [-0.4, -0.2) is 38.8 Å². The van der Waals surface area contributed by atoms with Gasteiger partial charge in [0, 0.05) is 4.88 Å². The Hall–Kier alpha value is -3.54. The van der Waals surface area contributed by atoms with Gasteiger partial charge in [-0.25, -0.2) is 4.79 Å². The molecule has 1 aliphatic rings. The molecule has 1 aliphatic carbocycles. The largest absolute Gasteiger partial charge is 0.465 e. The van der Waals surface area contributed by atoms with Crippen LogP contribution < -0.4 is 5.32 Å². The summed E-state index contributed by atoms with van der Waals surface area (Å²) in [5, 5.41) is 21.8. The number of fused-ring (bicyclic) bond motifs is 1. The number of anilines is 1. The van der Waals surface area contributed by atoms with Gasteiger partial charge in [0.1, 0.15) is 10.8 Å². The van der Waals surface area contributed by atoms with Crippen LogP contribution in [0.15, 0.2) is 16.8 Å². The predicted molar refractivity (Wildman–Crippen MR) is 109 cm³/mol. The fourth-order valence-electron chi connectivity index (χ4n) is 3.59. The lowest BCUT2D eigenvalue weighted by Gasteiger charge is -2.11. The van der Waals surface area contributed by atoms with Gasteiger partial charge in [-0.15, -0.1) is 11.3 Å². The number of amides is 1. The first-order valence-electron chi connectivity index (χ1n) is 9.56. The van der Waals surface area contributed by atoms with E-state index in [1.54, 1.807) is 6.92 Å². The summed E-state index contributed by atoms with van der Waals surface area (Å²) in [5.41, 5.74) is 1.79. The van der Waals surface area contributed by atoms with Gasteiger partial charge in [-0.05, 0) is 43.1 Å². The fourth-order valence-corrected chi connectivity index (χ4v) is 4.86. The molecule has 162 valence electrons. The molecule has 3 heterocycles. The van der Waals surface area contributed by atoms with Crippen LogP contribution >= 0.6 is 11.3 Å². The minimum atomic E-state index is -0.600. The second-order valence-corrected chi connectivity index (χ2v) is 8.16. The van der Waals surface area contributed by atoms with E-state index in [4.69, 9.17) is 9.26 Å². The third kappa shape index (κ3) is 3.93. The maximum Gasteiger partial charge on any atom is 0.389 e. The Bertz CT molecular complexity index is 1180. The lowest BCUT2D eigenvalue weighted by molar-refractivity contribution is -0.389. The van der Waals surface area contributed by atoms with E-state index < -0.39 is 16.8 Å². The van der Waals surface area contributed by atoms with Crippen molar-refractivity contribution in [3.63, 3.8) is 0 Å². The van der Waals surface area contributed by atoms with E-state index in [9.17, 15) is 19.7 Å². The van der Waals surface area contributed by atoms with E-state index in [-0.39, 0.29) is 18.1 Å². The molecule has 11 nitrogen and oxygen atoms in total. The molecule has 4 rings (SSSR count). The molecule has 0 saturated carbocycles. The number of methoxy groups -OCH3 is 1. The molecule has 3 aromatic rings. The molecule has 0 radical (unpaired) electrons. The maximum atomic E-state index is 13.0. The lowest BCUT2D eigenvalue weighted by Crippen LogP contribution is -2.17. The third-order valence-corrected chi connectivity index (χ3v) is 6.33. The quantitative estimate of drug-likeness (QED) is 0.346. The van der Waals surface area contributed by atoms with Crippen molar-refractivity contribution in [1.29, 1.82) is 0 Å². The normalized spacial score (nSPS) is 13.0. The van der Waals surface area contributed by atoms with Crippen LogP contribution in [0.2, 0.25) is 0 Å². The summed E-state index contributed by atoms with van der Waals surface area (Å²) in [6, 6.07) is 1.27. The number of nitrogens with zero attached hydrogens (tertiary/aromatic N) is 4. The molecular weight excluding hydrogens is 426 g/mol. The minimum Gasteiger partial charge on any atom is -0.465 e. The number of nitro groups is 1. The van der Waals surface area contributed by atoms with E-state index in [2.05, 4.69) is 15.6 Å². The van der Waals surface area contributed by atoms with Gasteiger partial charge < -0.3 is 24.7 Å². The highest BCUT2D eigenvalue weighted by Crippen LogP contribution is 2.38. The van der Waals surface area contributed by atoms with E-state index >= 15 is 0 Å². The number of carbonyl (C=O) groups is 2. The Balaban J connectivity index is 1.62. The van der Waals surface area contributed by atoms with Crippen molar-refractivity contribution in [2.75, 3.05) is 12.4 Å². The summed E-state index contributed by atoms with van der Waals surface area (Å²) in [5.74, 6) is -0.943. The lowest BCUT2D eigenvalue weighted by atomic mass is 9.95. The van der Waals surface area contributed by atoms with Crippen molar-refractivity contribution < 1.29 is 23.8 Å². The van der Waals surface area contributed by atoms with E-state index in [0.717, 1.165) is 36.1 Å². The average molecular weight is 445 g/mol. The molecule has 0 atom stereocenters. The number of hydrogen-bond donors (Lipinski definition) is 1. The molecule has 1 amide bonds. The summed E-state index contributed by atoms with van der Waals surface area (Å²) in [6.45, 7) is 1.71. The highest BCUT2D eigenvalue weighted by atomic mass is 32.1. The van der Waals surface area contributed by atoms with E-state index in [1.165, 1.54) is 35.4 Å². The fraction of sp³-hybridized carbons (Fsp3) is 0.368. The summed E-state index contributed by atoms with van der Waals surface area (Å²) >= 11 is 1.37. The van der Waals surface area contributed by atoms with Gasteiger partial charge in [-0.1, -0.05) is 5.16 Å². The van der Waals surface area contributed by atoms with Crippen LogP contribution in [0.3, 0.4) is 0 Å². The van der Waals surface area contributed by atoms with Crippen molar-refractivity contribution in [3.05, 3.63) is 55.4 Å². The van der Waals surface area contributed by atoms with Gasteiger partial charge in [0.15, 0.2) is 5.69 Å². The number of thiophene rings is 1. The average Bonchev–Trinajstić information content (AvgIpc) is 3.45. The molecule has 0 unspecified atom stereocenters. The molecule has 0 fully saturated rings. The summed E-state index contributed by atoms with van der Waals surface area (Å²) in [4.78, 5) is 36.7. The van der Waals surface area contributed by atoms with Crippen LogP contribution in [0.25, 0.3) is 0 Å². The molecule has 31 heavy (non-hydrogen) atoms. The Morgan fingerprint density at radius 2 is 2.16 bits per heavy atom. The molecule has 12 heteroatoms. The number of carbonyl (C=O) groups excluding carboxylic acids is 2. The zero-order valence-electron chi connectivity index (χ0n) is 16.8.